The molecule has 0 fully saturated rings. The van der Waals surface area contributed by atoms with Crippen LogP contribution >= 0.6 is 0 Å². The van der Waals surface area contributed by atoms with Crippen LogP contribution in [0.4, 0.5) is 5.69 Å². The van der Waals surface area contributed by atoms with E-state index in [0.29, 0.717) is 6.54 Å². The molecule has 0 spiro atoms. The van der Waals surface area contributed by atoms with Gasteiger partial charge in [-0.25, -0.2) is 0 Å². The molecule has 1 aromatic heterocycles. The van der Waals surface area contributed by atoms with Gasteiger partial charge in [-0.3, -0.25) is 15.0 Å². The number of H-pyrrole nitrogens is 2. The van der Waals surface area contributed by atoms with Gasteiger partial charge in [-0.15, -0.1) is 0 Å². The molecule has 0 radical (unpaired) electrons. The van der Waals surface area contributed by atoms with Crippen LogP contribution in [0.3, 0.4) is 0 Å². The molecule has 1 atom stereocenters. The predicted octanol–water partition coefficient (Wildman–Crippen LogP) is 1.13. The van der Waals surface area contributed by atoms with Crippen LogP contribution in [0.15, 0.2) is 35.1 Å². The average Bonchev–Trinajstić information content (AvgIpc) is 2.77. The summed E-state index contributed by atoms with van der Waals surface area (Å²) >= 11 is 0. The lowest BCUT2D eigenvalue weighted by molar-refractivity contribution is 0.804. The first-order valence-electron chi connectivity index (χ1n) is 5.54. The smallest absolute Gasteiger partial charge is 0.264 e. The van der Waals surface area contributed by atoms with Crippen LogP contribution in [-0.4, -0.2) is 22.8 Å². The summed E-state index contributed by atoms with van der Waals surface area (Å²) in [4.78, 5) is 11.0. The maximum absolute atomic E-state index is 11.0. The lowest BCUT2D eigenvalue weighted by atomic mass is 10.1. The monoisotopic (exact) mass is 232 g/mol. The number of aromatic nitrogens is 2. The fourth-order valence-corrected chi connectivity index (χ4v) is 1.58. The number of rotatable bonds is 4. The first-order chi connectivity index (χ1) is 8.19. The summed E-state index contributed by atoms with van der Waals surface area (Å²) in [5, 5.41) is 8.60. The second kappa shape index (κ2) is 4.88. The van der Waals surface area contributed by atoms with Crippen molar-refractivity contribution in [3.63, 3.8) is 0 Å². The van der Waals surface area contributed by atoms with Gasteiger partial charge >= 0.3 is 0 Å². The highest BCUT2D eigenvalue weighted by atomic mass is 16.1. The van der Waals surface area contributed by atoms with Crippen LogP contribution < -0.4 is 16.6 Å². The van der Waals surface area contributed by atoms with Crippen LogP contribution in [-0.2, 0) is 0 Å². The minimum atomic E-state index is -0.126. The van der Waals surface area contributed by atoms with Gasteiger partial charge in [-0.2, -0.15) is 0 Å². The SMILES string of the molecule is CC(CN)Nc1ccc(-c2cc(=O)[nH][nH]2)cc1. The first-order valence-corrected chi connectivity index (χ1v) is 5.54. The van der Waals surface area contributed by atoms with Crippen LogP contribution in [0.1, 0.15) is 6.92 Å². The average molecular weight is 232 g/mol. The minimum Gasteiger partial charge on any atom is -0.381 e. The van der Waals surface area contributed by atoms with Gasteiger partial charge in [-0.1, -0.05) is 12.1 Å². The Morgan fingerprint density at radius 2 is 2.00 bits per heavy atom. The van der Waals surface area contributed by atoms with Crippen molar-refractivity contribution in [2.24, 2.45) is 5.73 Å². The highest BCUT2D eigenvalue weighted by Crippen LogP contribution is 2.18. The van der Waals surface area contributed by atoms with E-state index in [-0.39, 0.29) is 11.6 Å². The summed E-state index contributed by atoms with van der Waals surface area (Å²) in [6, 6.07) is 9.60. The van der Waals surface area contributed by atoms with Gasteiger partial charge in [0, 0.05) is 24.3 Å². The van der Waals surface area contributed by atoms with E-state index >= 15 is 0 Å². The number of nitrogens with one attached hydrogen (secondary N) is 3. The van der Waals surface area contributed by atoms with E-state index in [1.165, 1.54) is 6.07 Å². The van der Waals surface area contributed by atoms with E-state index in [1.807, 2.05) is 31.2 Å². The summed E-state index contributed by atoms with van der Waals surface area (Å²) in [6.07, 6.45) is 0. The zero-order valence-corrected chi connectivity index (χ0v) is 9.66. The molecule has 2 rings (SSSR count). The van der Waals surface area contributed by atoms with Crippen LogP contribution in [0.2, 0.25) is 0 Å². The van der Waals surface area contributed by atoms with E-state index in [0.717, 1.165) is 16.9 Å². The van der Waals surface area contributed by atoms with Gasteiger partial charge in [0.05, 0.1) is 5.69 Å². The van der Waals surface area contributed by atoms with Crippen molar-refractivity contribution in [1.82, 2.24) is 10.2 Å². The molecule has 0 saturated heterocycles. The molecule has 5 N–H and O–H groups in total. The van der Waals surface area contributed by atoms with E-state index in [2.05, 4.69) is 15.5 Å². The number of nitrogens with two attached hydrogens (primary N) is 1. The Hall–Kier alpha value is -2.01. The highest BCUT2D eigenvalue weighted by Gasteiger charge is 2.02. The Morgan fingerprint density at radius 3 is 2.53 bits per heavy atom. The molecular weight excluding hydrogens is 216 g/mol. The fourth-order valence-electron chi connectivity index (χ4n) is 1.58. The fraction of sp³-hybridized carbons (Fsp3) is 0.250. The van der Waals surface area contributed by atoms with Crippen LogP contribution in [0.25, 0.3) is 11.3 Å². The third-order valence-corrected chi connectivity index (χ3v) is 2.56. The third kappa shape index (κ3) is 2.76. The molecule has 17 heavy (non-hydrogen) atoms. The maximum Gasteiger partial charge on any atom is 0.264 e. The summed E-state index contributed by atoms with van der Waals surface area (Å²) < 4.78 is 0. The second-order valence-corrected chi connectivity index (χ2v) is 4.03. The molecule has 1 aromatic carbocycles. The van der Waals surface area contributed by atoms with Gasteiger partial charge in [0.25, 0.3) is 5.56 Å². The van der Waals surface area contributed by atoms with Crippen molar-refractivity contribution in [3.8, 4) is 11.3 Å². The van der Waals surface area contributed by atoms with Gasteiger partial charge in [0.2, 0.25) is 0 Å². The summed E-state index contributed by atoms with van der Waals surface area (Å²) in [5.74, 6) is 0. The highest BCUT2D eigenvalue weighted by molar-refractivity contribution is 5.62. The normalized spacial score (nSPS) is 12.4. The lowest BCUT2D eigenvalue weighted by Gasteiger charge is -2.12. The molecule has 90 valence electrons. The molecule has 5 heteroatoms. The van der Waals surface area contributed by atoms with Crippen LogP contribution in [0, 0.1) is 0 Å². The number of hydrogen-bond acceptors (Lipinski definition) is 3. The van der Waals surface area contributed by atoms with Crippen molar-refractivity contribution in [2.45, 2.75) is 13.0 Å². The second-order valence-electron chi connectivity index (χ2n) is 4.03. The van der Waals surface area contributed by atoms with Crippen molar-refractivity contribution in [1.29, 1.82) is 0 Å². The van der Waals surface area contributed by atoms with Gasteiger partial charge in [0.1, 0.15) is 0 Å². The van der Waals surface area contributed by atoms with Gasteiger partial charge in [-0.05, 0) is 24.6 Å². The Morgan fingerprint density at radius 1 is 1.29 bits per heavy atom. The topological polar surface area (TPSA) is 86.7 Å². The molecule has 0 amide bonds. The minimum absolute atomic E-state index is 0.126. The molecule has 0 saturated carbocycles. The summed E-state index contributed by atoms with van der Waals surface area (Å²) in [7, 11) is 0. The van der Waals surface area contributed by atoms with E-state index in [1.54, 1.807) is 0 Å². The quantitative estimate of drug-likeness (QED) is 0.637. The summed E-state index contributed by atoms with van der Waals surface area (Å²) in [5.41, 5.74) is 8.18. The third-order valence-electron chi connectivity index (χ3n) is 2.56. The molecule has 0 aliphatic rings. The first kappa shape index (κ1) is 11.5. The van der Waals surface area contributed by atoms with Crippen molar-refractivity contribution < 1.29 is 0 Å². The van der Waals surface area contributed by atoms with Crippen molar-refractivity contribution in [3.05, 3.63) is 40.7 Å². The zero-order valence-electron chi connectivity index (χ0n) is 9.66. The molecule has 1 unspecified atom stereocenters. The molecular formula is C12H16N4O. The molecule has 1 heterocycles. The lowest BCUT2D eigenvalue weighted by Crippen LogP contribution is -2.24. The number of anilines is 1. The Bertz CT molecular complexity index is 526. The molecule has 2 aromatic rings. The Labute approximate surface area is 99.0 Å². The van der Waals surface area contributed by atoms with E-state index < -0.39 is 0 Å². The molecule has 5 nitrogen and oxygen atoms in total. The van der Waals surface area contributed by atoms with E-state index in [4.69, 9.17) is 5.73 Å². The molecule has 0 bridgehead atoms. The number of aromatic amines is 2. The van der Waals surface area contributed by atoms with Gasteiger partial charge < -0.3 is 11.1 Å². The zero-order chi connectivity index (χ0) is 12.3. The van der Waals surface area contributed by atoms with Crippen molar-refractivity contribution in [2.75, 3.05) is 11.9 Å². The maximum atomic E-state index is 11.0. The predicted molar refractivity (Wildman–Crippen MR) is 69.0 cm³/mol. The van der Waals surface area contributed by atoms with Gasteiger partial charge in [0.15, 0.2) is 0 Å². The molecule has 0 aliphatic carbocycles. The largest absolute Gasteiger partial charge is 0.381 e. The van der Waals surface area contributed by atoms with Crippen molar-refractivity contribution >= 4 is 5.69 Å². The number of benzene rings is 1. The molecule has 0 aliphatic heterocycles. The summed E-state index contributed by atoms with van der Waals surface area (Å²) in [6.45, 7) is 2.62. The van der Waals surface area contributed by atoms with Crippen LogP contribution in [0.5, 0.6) is 0 Å². The van der Waals surface area contributed by atoms with E-state index in [9.17, 15) is 4.79 Å². The standard InChI is InChI=1S/C12H16N4O/c1-8(7-13)14-10-4-2-9(3-5-10)11-6-12(17)16-15-11/h2-6,8,14H,7,13H2,1H3,(H2,15,16,17). The number of hydrogen-bond donors (Lipinski definition) is 4. The Kier molecular flexibility index (Phi) is 3.30. The Balaban J connectivity index is 2.15.